The van der Waals surface area contributed by atoms with Crippen molar-refractivity contribution in [2.75, 3.05) is 0 Å². The largest absolute Gasteiger partial charge is 0.297 e. The normalized spacial score (nSPS) is 16.1. The Balaban J connectivity index is 2.35. The molecule has 76 valence electrons. The summed E-state index contributed by atoms with van der Waals surface area (Å²) in [6.45, 7) is 4.47. The molecule has 1 aliphatic carbocycles. The summed E-state index contributed by atoms with van der Waals surface area (Å²) < 4.78 is 0. The van der Waals surface area contributed by atoms with E-state index in [0.29, 0.717) is 0 Å². The molecule has 0 fully saturated rings. The van der Waals surface area contributed by atoms with Gasteiger partial charge in [-0.15, -0.1) is 22.7 Å². The van der Waals surface area contributed by atoms with E-state index in [0.717, 1.165) is 11.2 Å². The molecule has 0 bridgehead atoms. The summed E-state index contributed by atoms with van der Waals surface area (Å²) in [6.07, 6.45) is 0.950. The predicted octanol–water partition coefficient (Wildman–Crippen LogP) is 3.93. The van der Waals surface area contributed by atoms with E-state index in [1.807, 2.05) is 17.4 Å². The summed E-state index contributed by atoms with van der Waals surface area (Å²) >= 11 is 3.44. The van der Waals surface area contributed by atoms with Gasteiger partial charge in [-0.25, -0.2) is 0 Å². The van der Waals surface area contributed by atoms with Crippen molar-refractivity contribution in [2.45, 2.75) is 19.3 Å². The summed E-state index contributed by atoms with van der Waals surface area (Å²) in [6, 6.07) is 4.18. The zero-order valence-corrected chi connectivity index (χ0v) is 10.2. The maximum absolute atomic E-state index is 10.8. The number of hydrogen-bond acceptors (Lipinski definition) is 3. The molecule has 2 heterocycles. The molecule has 0 aliphatic heterocycles. The molecule has 0 N–H and O–H groups in total. The smallest absolute Gasteiger partial charge is 0.160 e. The van der Waals surface area contributed by atoms with Crippen molar-refractivity contribution in [3.05, 3.63) is 32.1 Å². The van der Waals surface area contributed by atoms with Crippen LogP contribution in [-0.4, -0.2) is 6.29 Å². The first kappa shape index (κ1) is 9.31. The summed E-state index contributed by atoms with van der Waals surface area (Å²) in [5.74, 6) is 0. The van der Waals surface area contributed by atoms with Crippen LogP contribution in [-0.2, 0) is 5.41 Å². The monoisotopic (exact) mass is 234 g/mol. The third-order valence-corrected chi connectivity index (χ3v) is 5.58. The molecule has 1 nitrogen and oxygen atoms in total. The molecule has 2 aromatic heterocycles. The highest BCUT2D eigenvalue weighted by Gasteiger charge is 2.38. The van der Waals surface area contributed by atoms with Gasteiger partial charge in [0.2, 0.25) is 0 Å². The highest BCUT2D eigenvalue weighted by Crippen LogP contribution is 2.54. The second-order valence-electron chi connectivity index (χ2n) is 4.30. The average Bonchev–Trinajstić information content (AvgIpc) is 2.86. The standard InChI is InChI=1S/C12H10OS2/c1-12(2)10-8(3-4-14-10)9-5-7(6-13)15-11(9)12/h3-6H,1-2H3. The van der Waals surface area contributed by atoms with Crippen LogP contribution >= 0.6 is 22.7 Å². The van der Waals surface area contributed by atoms with Crippen molar-refractivity contribution < 1.29 is 4.79 Å². The van der Waals surface area contributed by atoms with Crippen LogP contribution in [0.5, 0.6) is 0 Å². The van der Waals surface area contributed by atoms with Crippen molar-refractivity contribution in [3.8, 4) is 11.1 Å². The summed E-state index contributed by atoms with van der Waals surface area (Å²) in [5, 5.41) is 2.13. The molecule has 3 rings (SSSR count). The van der Waals surface area contributed by atoms with Crippen molar-refractivity contribution >= 4 is 29.0 Å². The van der Waals surface area contributed by atoms with E-state index in [2.05, 4.69) is 25.3 Å². The van der Waals surface area contributed by atoms with E-state index in [1.54, 1.807) is 11.3 Å². The highest BCUT2D eigenvalue weighted by atomic mass is 32.1. The van der Waals surface area contributed by atoms with Gasteiger partial charge in [-0.1, -0.05) is 13.8 Å². The number of rotatable bonds is 1. The lowest BCUT2D eigenvalue weighted by Crippen LogP contribution is -2.11. The third-order valence-electron chi connectivity index (χ3n) is 2.96. The predicted molar refractivity (Wildman–Crippen MR) is 65.1 cm³/mol. The number of hydrogen-bond donors (Lipinski definition) is 0. The quantitative estimate of drug-likeness (QED) is 0.683. The van der Waals surface area contributed by atoms with Gasteiger partial charge in [-0.05, 0) is 28.6 Å². The summed E-state index contributed by atoms with van der Waals surface area (Å²) in [7, 11) is 0. The zero-order valence-electron chi connectivity index (χ0n) is 8.53. The fourth-order valence-electron chi connectivity index (χ4n) is 2.24. The van der Waals surface area contributed by atoms with E-state index in [1.165, 1.54) is 20.9 Å². The maximum atomic E-state index is 10.8. The SMILES string of the molecule is CC1(C)c2sccc2-c2cc(C=O)sc21. The summed E-state index contributed by atoms with van der Waals surface area (Å²) in [4.78, 5) is 14.4. The molecule has 2 aromatic rings. The first-order valence-electron chi connectivity index (χ1n) is 4.82. The molecule has 3 heteroatoms. The van der Waals surface area contributed by atoms with Gasteiger partial charge in [-0.3, -0.25) is 4.79 Å². The Morgan fingerprint density at radius 1 is 1.27 bits per heavy atom. The van der Waals surface area contributed by atoms with E-state index in [4.69, 9.17) is 0 Å². The molecule has 0 amide bonds. The van der Waals surface area contributed by atoms with Gasteiger partial charge in [0, 0.05) is 15.2 Å². The lowest BCUT2D eigenvalue weighted by molar-refractivity contribution is 0.112. The van der Waals surface area contributed by atoms with Crippen LogP contribution in [0.2, 0.25) is 0 Å². The van der Waals surface area contributed by atoms with Crippen LogP contribution in [0.3, 0.4) is 0 Å². The van der Waals surface area contributed by atoms with Crippen LogP contribution in [0.25, 0.3) is 11.1 Å². The number of carbonyl (C=O) groups excluding carboxylic acids is 1. The van der Waals surface area contributed by atoms with E-state index in [9.17, 15) is 4.79 Å². The number of aldehydes is 1. The molecule has 0 radical (unpaired) electrons. The van der Waals surface area contributed by atoms with Crippen LogP contribution in [0.15, 0.2) is 17.5 Å². The van der Waals surface area contributed by atoms with Crippen molar-refractivity contribution in [1.29, 1.82) is 0 Å². The lowest BCUT2D eigenvalue weighted by atomic mass is 9.94. The second kappa shape index (κ2) is 2.80. The lowest BCUT2D eigenvalue weighted by Gasteiger charge is -2.17. The minimum atomic E-state index is 0.0881. The Morgan fingerprint density at radius 2 is 2.07 bits per heavy atom. The fraction of sp³-hybridized carbons (Fsp3) is 0.250. The molecule has 0 atom stereocenters. The first-order chi connectivity index (χ1) is 7.14. The summed E-state index contributed by atoms with van der Waals surface area (Å²) in [5.41, 5.74) is 2.68. The van der Waals surface area contributed by atoms with Gasteiger partial charge in [-0.2, -0.15) is 0 Å². The van der Waals surface area contributed by atoms with Crippen LogP contribution in [0, 0.1) is 0 Å². The van der Waals surface area contributed by atoms with Gasteiger partial charge >= 0.3 is 0 Å². The van der Waals surface area contributed by atoms with Crippen LogP contribution in [0.1, 0.15) is 33.3 Å². The van der Waals surface area contributed by atoms with Crippen molar-refractivity contribution in [3.63, 3.8) is 0 Å². The Labute approximate surface area is 96.4 Å². The molecule has 15 heavy (non-hydrogen) atoms. The molecule has 0 saturated carbocycles. The van der Waals surface area contributed by atoms with Gasteiger partial charge in [0.1, 0.15) is 0 Å². The van der Waals surface area contributed by atoms with Crippen molar-refractivity contribution in [1.82, 2.24) is 0 Å². The van der Waals surface area contributed by atoms with Gasteiger partial charge < -0.3 is 0 Å². The molecule has 1 aliphatic rings. The Hall–Kier alpha value is -0.930. The van der Waals surface area contributed by atoms with Crippen LogP contribution < -0.4 is 0 Å². The number of fused-ring (bicyclic) bond motifs is 3. The van der Waals surface area contributed by atoms with E-state index in [-0.39, 0.29) is 5.41 Å². The van der Waals surface area contributed by atoms with Crippen LogP contribution in [0.4, 0.5) is 0 Å². The molecule has 0 saturated heterocycles. The number of carbonyl (C=O) groups is 1. The Bertz CT molecular complexity index is 546. The number of thiophene rings is 2. The van der Waals surface area contributed by atoms with E-state index >= 15 is 0 Å². The van der Waals surface area contributed by atoms with Gasteiger partial charge in [0.25, 0.3) is 0 Å². The Kier molecular flexibility index (Phi) is 1.74. The van der Waals surface area contributed by atoms with Gasteiger partial charge in [0.05, 0.1) is 4.88 Å². The molecular formula is C12H10OS2. The molecular weight excluding hydrogens is 224 g/mol. The topological polar surface area (TPSA) is 17.1 Å². The average molecular weight is 234 g/mol. The minimum absolute atomic E-state index is 0.0881. The Morgan fingerprint density at radius 3 is 2.80 bits per heavy atom. The zero-order chi connectivity index (χ0) is 10.6. The second-order valence-corrected chi connectivity index (χ2v) is 6.30. The highest BCUT2D eigenvalue weighted by molar-refractivity contribution is 7.15. The van der Waals surface area contributed by atoms with E-state index < -0.39 is 0 Å². The maximum Gasteiger partial charge on any atom is 0.160 e. The third kappa shape index (κ3) is 1.05. The first-order valence-corrected chi connectivity index (χ1v) is 6.52. The molecule has 0 unspecified atom stereocenters. The molecule has 0 aromatic carbocycles. The van der Waals surface area contributed by atoms with Gasteiger partial charge in [0.15, 0.2) is 6.29 Å². The molecule has 0 spiro atoms. The van der Waals surface area contributed by atoms with Crippen molar-refractivity contribution in [2.24, 2.45) is 0 Å². The minimum Gasteiger partial charge on any atom is -0.297 e. The fourth-order valence-corrected chi connectivity index (χ4v) is 4.44.